The van der Waals surface area contributed by atoms with E-state index >= 15 is 0 Å². The smallest absolute Gasteiger partial charge is 0.370 e. The Morgan fingerprint density at radius 3 is 2.46 bits per heavy atom. The van der Waals surface area contributed by atoms with Gasteiger partial charge in [0.1, 0.15) is 10.5 Å². The van der Waals surface area contributed by atoms with Gasteiger partial charge in [-0.3, -0.25) is 0 Å². The highest BCUT2D eigenvalue weighted by molar-refractivity contribution is 7.91. The number of sulfonamides is 1. The number of benzene rings is 1. The second-order valence-electron chi connectivity index (χ2n) is 8.48. The maximum absolute atomic E-state index is 13.9. The second-order valence-corrected chi connectivity index (χ2v) is 11.7. The lowest BCUT2D eigenvalue weighted by Crippen LogP contribution is -2.54. The molecular formula is C22H22F6N6O3S2. The number of halogens is 6. The van der Waals surface area contributed by atoms with Crippen molar-refractivity contribution in [2.45, 2.75) is 35.1 Å². The van der Waals surface area contributed by atoms with Gasteiger partial charge in [0, 0.05) is 31.4 Å². The maximum Gasteiger partial charge on any atom is 0.428 e. The molecule has 2 heterocycles. The average molecular weight is 597 g/mol. The molecule has 9 nitrogen and oxygen atoms in total. The summed E-state index contributed by atoms with van der Waals surface area (Å²) in [5.41, 5.74) is -6.12. The molecule has 212 valence electrons. The zero-order valence-corrected chi connectivity index (χ0v) is 21.7. The van der Waals surface area contributed by atoms with E-state index in [2.05, 4.69) is 11.7 Å². The highest BCUT2D eigenvalue weighted by Gasteiger charge is 2.58. The van der Waals surface area contributed by atoms with Crippen molar-refractivity contribution in [3.05, 3.63) is 58.6 Å². The Bertz CT molecular complexity index is 1420. The zero-order valence-electron chi connectivity index (χ0n) is 20.1. The number of hydrogen-bond donors (Lipinski definition) is 3. The maximum atomic E-state index is 13.9. The van der Waals surface area contributed by atoms with E-state index in [0.717, 1.165) is 22.5 Å². The van der Waals surface area contributed by atoms with E-state index in [1.807, 2.05) is 5.32 Å². The zero-order chi connectivity index (χ0) is 29.4. The minimum Gasteiger partial charge on any atom is -0.370 e. The van der Waals surface area contributed by atoms with Gasteiger partial charge in [-0.25, -0.2) is 8.42 Å². The third-order valence-electron chi connectivity index (χ3n) is 6.00. The van der Waals surface area contributed by atoms with Crippen LogP contribution in [0.3, 0.4) is 0 Å². The molecule has 1 aliphatic rings. The molecule has 0 aliphatic carbocycles. The summed E-state index contributed by atoms with van der Waals surface area (Å²) < 4.78 is 110. The number of alkyl halides is 6. The van der Waals surface area contributed by atoms with E-state index in [1.165, 1.54) is 17.9 Å². The van der Waals surface area contributed by atoms with Crippen LogP contribution in [0, 0.1) is 11.3 Å². The van der Waals surface area contributed by atoms with Crippen molar-refractivity contribution in [1.82, 2.24) is 9.62 Å². The fourth-order valence-electron chi connectivity index (χ4n) is 4.07. The van der Waals surface area contributed by atoms with E-state index in [-0.39, 0.29) is 42.2 Å². The number of hydrogen-bond acceptors (Lipinski definition) is 8. The van der Waals surface area contributed by atoms with Crippen molar-refractivity contribution in [3.8, 4) is 6.07 Å². The first-order valence-electron chi connectivity index (χ1n) is 10.9. The SMILES string of the molecule is C=C(N/C=N\N)C(O)(c1ccc(S(=O)(=O)N2CCN(c3ccc(C#N)cc3C(F)(F)F)C[C@H]2C)s1)C(F)(F)F. The lowest BCUT2D eigenvalue weighted by molar-refractivity contribution is -0.249. The highest BCUT2D eigenvalue weighted by atomic mass is 32.2. The van der Waals surface area contributed by atoms with Crippen LogP contribution in [-0.2, 0) is 21.8 Å². The fraction of sp³-hybridized carbons (Fsp3) is 0.364. The van der Waals surface area contributed by atoms with Crippen molar-refractivity contribution < 1.29 is 39.9 Å². The number of hydrazone groups is 1. The Kier molecular flexibility index (Phi) is 8.27. The van der Waals surface area contributed by atoms with Gasteiger partial charge in [-0.05, 0) is 37.3 Å². The Morgan fingerprint density at radius 1 is 1.26 bits per heavy atom. The van der Waals surface area contributed by atoms with E-state index in [1.54, 1.807) is 6.07 Å². The number of aliphatic hydroxyl groups is 1. The van der Waals surface area contributed by atoms with Gasteiger partial charge in [0.05, 0.1) is 27.8 Å². The van der Waals surface area contributed by atoms with Crippen LogP contribution in [0.4, 0.5) is 32.0 Å². The summed E-state index contributed by atoms with van der Waals surface area (Å²) in [4.78, 5) is 0.535. The summed E-state index contributed by atoms with van der Waals surface area (Å²) in [6.45, 7) is 4.00. The van der Waals surface area contributed by atoms with Crippen LogP contribution in [-0.4, -0.2) is 56.0 Å². The molecule has 3 rings (SSSR count). The number of rotatable bonds is 7. The molecule has 2 aromatic rings. The third kappa shape index (κ3) is 5.69. The van der Waals surface area contributed by atoms with Crippen LogP contribution in [0.15, 0.2) is 51.9 Å². The van der Waals surface area contributed by atoms with Gasteiger partial charge in [-0.1, -0.05) is 6.58 Å². The van der Waals surface area contributed by atoms with Gasteiger partial charge in [-0.2, -0.15) is 41.0 Å². The number of nitrogens with one attached hydrogen (secondary N) is 1. The first-order chi connectivity index (χ1) is 18.0. The van der Waals surface area contributed by atoms with Crippen molar-refractivity contribution in [1.29, 1.82) is 5.26 Å². The molecule has 1 aliphatic heterocycles. The molecule has 39 heavy (non-hydrogen) atoms. The molecule has 1 aromatic carbocycles. The standard InChI is InChI=1S/C22H22F6N6O3S2/c1-13-11-33(17-4-3-15(10-29)9-16(17)21(23,24)25)7-8-34(13)39(36,37)19-6-5-18(38-19)20(35,22(26,27)28)14(2)31-12-32-30/h3-6,9,12-13,35H,2,7-8,11,30H2,1H3,(H,31,32)/t13-,20?/m1/s1. The van der Waals surface area contributed by atoms with Crippen LogP contribution in [0.5, 0.6) is 0 Å². The molecule has 1 fully saturated rings. The van der Waals surface area contributed by atoms with Gasteiger partial charge >= 0.3 is 12.4 Å². The fourth-order valence-corrected chi connectivity index (χ4v) is 7.26. The Hall–Kier alpha value is -3.33. The van der Waals surface area contributed by atoms with Crippen LogP contribution in [0.2, 0.25) is 0 Å². The third-order valence-corrected chi connectivity index (χ3v) is 9.67. The molecule has 1 saturated heterocycles. The molecule has 4 N–H and O–H groups in total. The summed E-state index contributed by atoms with van der Waals surface area (Å²) in [6.07, 6.45) is -9.42. The summed E-state index contributed by atoms with van der Waals surface area (Å²) in [6, 6.07) is 5.52. The number of nitriles is 1. The van der Waals surface area contributed by atoms with Crippen LogP contribution < -0.4 is 16.1 Å². The lowest BCUT2D eigenvalue weighted by atomic mass is 9.97. The number of anilines is 1. The molecule has 1 unspecified atom stereocenters. The van der Waals surface area contributed by atoms with Gasteiger partial charge in [0.2, 0.25) is 5.60 Å². The second kappa shape index (κ2) is 10.7. The van der Waals surface area contributed by atoms with Crippen molar-refractivity contribution in [2.75, 3.05) is 24.5 Å². The molecule has 0 bridgehead atoms. The number of piperazine rings is 1. The molecule has 0 radical (unpaired) electrons. The molecular weight excluding hydrogens is 574 g/mol. The van der Waals surface area contributed by atoms with Gasteiger partial charge < -0.3 is 21.2 Å². The van der Waals surface area contributed by atoms with Gasteiger partial charge in [-0.15, -0.1) is 11.3 Å². The Morgan fingerprint density at radius 2 is 1.92 bits per heavy atom. The van der Waals surface area contributed by atoms with E-state index < -0.39 is 54.4 Å². The molecule has 1 aromatic heterocycles. The minimum atomic E-state index is -5.30. The van der Waals surface area contributed by atoms with Crippen molar-refractivity contribution in [3.63, 3.8) is 0 Å². The molecule has 17 heteroatoms. The number of thiophene rings is 1. The quantitative estimate of drug-likeness (QED) is 0.147. The lowest BCUT2D eigenvalue weighted by Gasteiger charge is -2.40. The predicted octanol–water partition coefficient (Wildman–Crippen LogP) is 3.29. The van der Waals surface area contributed by atoms with Crippen LogP contribution in [0.25, 0.3) is 0 Å². The van der Waals surface area contributed by atoms with E-state index in [0.29, 0.717) is 12.4 Å². The van der Waals surface area contributed by atoms with E-state index in [4.69, 9.17) is 11.1 Å². The summed E-state index contributed by atoms with van der Waals surface area (Å²) >= 11 is 0.169. The molecule has 0 amide bonds. The summed E-state index contributed by atoms with van der Waals surface area (Å²) in [5.74, 6) is 4.86. The molecule has 2 atom stereocenters. The predicted molar refractivity (Wildman–Crippen MR) is 131 cm³/mol. The molecule has 0 saturated carbocycles. The first kappa shape index (κ1) is 30.2. The summed E-state index contributed by atoms with van der Waals surface area (Å²) in [7, 11) is -4.41. The highest BCUT2D eigenvalue weighted by Crippen LogP contribution is 2.46. The Balaban J connectivity index is 1.90. The topological polar surface area (TPSA) is 135 Å². The van der Waals surface area contributed by atoms with Crippen molar-refractivity contribution in [2.24, 2.45) is 10.9 Å². The number of nitrogens with two attached hydrogens (primary N) is 1. The van der Waals surface area contributed by atoms with Gasteiger partial charge in [0.25, 0.3) is 10.0 Å². The van der Waals surface area contributed by atoms with Crippen LogP contribution in [0.1, 0.15) is 22.9 Å². The monoisotopic (exact) mass is 596 g/mol. The average Bonchev–Trinajstić information content (AvgIpc) is 3.36. The largest absolute Gasteiger partial charge is 0.428 e. The normalized spacial score (nSPS) is 19.1. The molecule has 0 spiro atoms. The van der Waals surface area contributed by atoms with Crippen molar-refractivity contribution >= 4 is 33.4 Å². The number of nitrogens with zero attached hydrogens (tertiary/aromatic N) is 4. The Labute approximate surface area is 223 Å². The first-order valence-corrected chi connectivity index (χ1v) is 13.2. The van der Waals surface area contributed by atoms with Crippen LogP contribution >= 0.6 is 11.3 Å². The van der Waals surface area contributed by atoms with Gasteiger partial charge in [0.15, 0.2) is 0 Å². The summed E-state index contributed by atoms with van der Waals surface area (Å²) in [5, 5.41) is 24.5. The van der Waals surface area contributed by atoms with E-state index in [9.17, 15) is 39.9 Å². The minimum absolute atomic E-state index is 0.164.